The van der Waals surface area contributed by atoms with Crippen LogP contribution in [0.25, 0.3) is 0 Å². The Hall–Kier alpha value is -1.66. The third kappa shape index (κ3) is 2.47. The number of imidazole rings is 1. The summed E-state index contributed by atoms with van der Waals surface area (Å²) in [7, 11) is 1.53. The molecule has 0 saturated heterocycles. The summed E-state index contributed by atoms with van der Waals surface area (Å²) in [6.07, 6.45) is -3.13. The zero-order valence-electron chi connectivity index (χ0n) is 9.05. The highest BCUT2D eigenvalue weighted by atomic mass is 19.4. The Bertz CT molecular complexity index is 442. The predicted molar refractivity (Wildman–Crippen MR) is 54.5 cm³/mol. The van der Waals surface area contributed by atoms with Crippen LogP contribution in [-0.4, -0.2) is 27.2 Å². The summed E-state index contributed by atoms with van der Waals surface area (Å²) in [5.41, 5.74) is -0.723. The zero-order chi connectivity index (χ0) is 12.5. The molecule has 0 aliphatic carbocycles. The summed E-state index contributed by atoms with van der Waals surface area (Å²) < 4.78 is 38.2. The second kappa shape index (κ2) is 4.07. The number of aliphatic imine (C=N–C) groups is 1. The maximum Gasteiger partial charge on any atom is 0.429 e. The fraction of sp³-hybridized carbons (Fsp3) is 0.444. The Morgan fingerprint density at radius 2 is 2.00 bits per heavy atom. The second-order valence-electron chi connectivity index (χ2n) is 3.35. The fourth-order valence-electron chi connectivity index (χ4n) is 1.04. The Morgan fingerprint density at radius 3 is 2.44 bits per heavy atom. The van der Waals surface area contributed by atoms with Gasteiger partial charge in [0.05, 0.1) is 12.0 Å². The molecule has 0 radical (unpaired) electrons. The van der Waals surface area contributed by atoms with Gasteiger partial charge in [-0.25, -0.2) is 9.98 Å². The van der Waals surface area contributed by atoms with Crippen LogP contribution < -0.4 is 0 Å². The molecule has 0 fully saturated rings. The van der Waals surface area contributed by atoms with Crippen LogP contribution in [0.2, 0.25) is 0 Å². The van der Waals surface area contributed by atoms with Gasteiger partial charge in [0.15, 0.2) is 5.82 Å². The predicted octanol–water partition coefficient (Wildman–Crippen LogP) is 2.46. The molecule has 0 unspecified atom stereocenters. The summed E-state index contributed by atoms with van der Waals surface area (Å²) in [6.45, 7) is 2.33. The lowest BCUT2D eigenvalue weighted by Gasteiger charge is -2.06. The van der Waals surface area contributed by atoms with Gasteiger partial charge >= 0.3 is 6.18 Å². The van der Waals surface area contributed by atoms with Crippen molar-refractivity contribution in [3.8, 4) is 0 Å². The van der Waals surface area contributed by atoms with Crippen LogP contribution in [0.3, 0.4) is 0 Å². The van der Waals surface area contributed by atoms with Gasteiger partial charge in [0.25, 0.3) is 0 Å². The van der Waals surface area contributed by atoms with Gasteiger partial charge in [-0.3, -0.25) is 0 Å². The molecule has 0 aromatic carbocycles. The van der Waals surface area contributed by atoms with Gasteiger partial charge < -0.3 is 9.98 Å². The molecule has 1 aromatic rings. The lowest BCUT2D eigenvalue weighted by Crippen LogP contribution is -2.19. The van der Waals surface area contributed by atoms with E-state index in [4.69, 9.17) is 5.41 Å². The molecule has 0 aliphatic rings. The standard InChI is InChI=1S/C9H11F3N4/c1-5(13)7-8(16(3)4-14-7)15-6(2)9(10,11)12/h4,13H,1-3H3/b13-5?,15-6+. The summed E-state index contributed by atoms with van der Waals surface area (Å²) >= 11 is 0. The van der Waals surface area contributed by atoms with Crippen molar-refractivity contribution < 1.29 is 13.2 Å². The first kappa shape index (κ1) is 12.4. The molecule has 0 bridgehead atoms. The minimum absolute atomic E-state index is 0.0438. The van der Waals surface area contributed by atoms with E-state index >= 15 is 0 Å². The van der Waals surface area contributed by atoms with Crippen LogP contribution in [0.15, 0.2) is 11.3 Å². The number of rotatable bonds is 2. The summed E-state index contributed by atoms with van der Waals surface area (Å²) in [5.74, 6) is 0.0438. The topological polar surface area (TPSA) is 54.0 Å². The molecule has 1 N–H and O–H groups in total. The molecule has 0 aliphatic heterocycles. The monoisotopic (exact) mass is 232 g/mol. The average Bonchev–Trinajstić information content (AvgIpc) is 2.46. The Morgan fingerprint density at radius 1 is 1.44 bits per heavy atom. The summed E-state index contributed by atoms with van der Waals surface area (Å²) in [4.78, 5) is 7.28. The highest BCUT2D eigenvalue weighted by Gasteiger charge is 2.32. The molecule has 1 rings (SSSR count). The molecular weight excluding hydrogens is 221 g/mol. The van der Waals surface area contributed by atoms with Crippen molar-refractivity contribution in [2.75, 3.05) is 0 Å². The normalized spacial score (nSPS) is 13.0. The highest BCUT2D eigenvalue weighted by molar-refractivity contribution is 6.00. The minimum atomic E-state index is -4.46. The average molecular weight is 232 g/mol. The van der Waals surface area contributed by atoms with Crippen LogP contribution in [0, 0.1) is 5.41 Å². The first-order valence-electron chi connectivity index (χ1n) is 4.42. The SMILES string of the molecule is CC(=N)c1ncn(C)c1/N=C(\C)C(F)(F)F. The molecule has 0 amide bonds. The maximum atomic E-state index is 12.3. The number of alkyl halides is 3. The number of aromatic nitrogens is 2. The Balaban J connectivity index is 3.24. The van der Waals surface area contributed by atoms with Gasteiger partial charge in [0.1, 0.15) is 11.4 Å². The number of halogens is 3. The van der Waals surface area contributed by atoms with Crippen molar-refractivity contribution >= 4 is 17.2 Å². The third-order valence-corrected chi connectivity index (χ3v) is 1.94. The van der Waals surface area contributed by atoms with Gasteiger partial charge in [-0.15, -0.1) is 0 Å². The molecule has 1 heterocycles. The van der Waals surface area contributed by atoms with Crippen molar-refractivity contribution in [3.05, 3.63) is 12.0 Å². The molecule has 16 heavy (non-hydrogen) atoms. The van der Waals surface area contributed by atoms with Crippen molar-refractivity contribution in [2.24, 2.45) is 12.0 Å². The maximum absolute atomic E-state index is 12.3. The number of nitrogens with one attached hydrogen (secondary N) is 1. The van der Waals surface area contributed by atoms with E-state index < -0.39 is 11.9 Å². The van der Waals surface area contributed by atoms with Gasteiger partial charge in [0.2, 0.25) is 0 Å². The fourth-order valence-corrected chi connectivity index (χ4v) is 1.04. The van der Waals surface area contributed by atoms with Crippen molar-refractivity contribution in [2.45, 2.75) is 20.0 Å². The van der Waals surface area contributed by atoms with Gasteiger partial charge in [-0.05, 0) is 13.8 Å². The minimum Gasteiger partial charge on any atom is -0.318 e. The number of aryl methyl sites for hydroxylation is 1. The van der Waals surface area contributed by atoms with Crippen molar-refractivity contribution in [1.82, 2.24) is 9.55 Å². The molecule has 0 spiro atoms. The van der Waals surface area contributed by atoms with Crippen LogP contribution in [-0.2, 0) is 7.05 Å². The van der Waals surface area contributed by atoms with Crippen LogP contribution in [0.5, 0.6) is 0 Å². The molecular formula is C9H11F3N4. The Kier molecular flexibility index (Phi) is 3.16. The first-order valence-corrected chi connectivity index (χ1v) is 4.42. The molecule has 1 aromatic heterocycles. The molecule has 4 nitrogen and oxygen atoms in total. The number of nitrogens with zero attached hydrogens (tertiary/aromatic N) is 3. The Labute approximate surface area is 90.3 Å². The van der Waals surface area contributed by atoms with Gasteiger partial charge in [-0.1, -0.05) is 0 Å². The highest BCUT2D eigenvalue weighted by Crippen LogP contribution is 2.23. The first-order chi connectivity index (χ1) is 7.23. The third-order valence-electron chi connectivity index (χ3n) is 1.94. The largest absolute Gasteiger partial charge is 0.429 e. The molecule has 7 heteroatoms. The number of hydrogen-bond acceptors (Lipinski definition) is 3. The lowest BCUT2D eigenvalue weighted by atomic mass is 10.3. The van der Waals surface area contributed by atoms with Crippen LogP contribution in [0.4, 0.5) is 19.0 Å². The molecule has 88 valence electrons. The van der Waals surface area contributed by atoms with Crippen molar-refractivity contribution in [1.29, 1.82) is 5.41 Å². The zero-order valence-corrected chi connectivity index (χ0v) is 9.05. The molecule has 0 saturated carbocycles. The molecule has 0 atom stereocenters. The van der Waals surface area contributed by atoms with E-state index in [0.717, 1.165) is 6.92 Å². The van der Waals surface area contributed by atoms with Gasteiger partial charge in [-0.2, -0.15) is 13.2 Å². The lowest BCUT2D eigenvalue weighted by molar-refractivity contribution is -0.0591. The van der Waals surface area contributed by atoms with Crippen molar-refractivity contribution in [3.63, 3.8) is 0 Å². The van der Waals surface area contributed by atoms with E-state index in [9.17, 15) is 13.2 Å². The quantitative estimate of drug-likeness (QED) is 0.782. The number of hydrogen-bond donors (Lipinski definition) is 1. The van der Waals surface area contributed by atoms with E-state index in [2.05, 4.69) is 9.98 Å². The van der Waals surface area contributed by atoms with Gasteiger partial charge in [0, 0.05) is 7.05 Å². The summed E-state index contributed by atoms with van der Waals surface area (Å²) in [6, 6.07) is 0. The second-order valence-corrected chi connectivity index (χ2v) is 3.35. The summed E-state index contributed by atoms with van der Waals surface area (Å²) in [5, 5.41) is 7.36. The van der Waals surface area contributed by atoms with E-state index in [1.165, 1.54) is 24.9 Å². The van der Waals surface area contributed by atoms with E-state index in [0.29, 0.717) is 0 Å². The van der Waals surface area contributed by atoms with E-state index in [-0.39, 0.29) is 17.2 Å². The van der Waals surface area contributed by atoms with Crippen LogP contribution in [0.1, 0.15) is 19.5 Å². The van der Waals surface area contributed by atoms with E-state index in [1.54, 1.807) is 0 Å². The van der Waals surface area contributed by atoms with Crippen LogP contribution >= 0.6 is 0 Å². The van der Waals surface area contributed by atoms with E-state index in [1.807, 2.05) is 0 Å². The smallest absolute Gasteiger partial charge is 0.318 e.